The minimum absolute atomic E-state index is 0.117. The molecule has 8 nitrogen and oxygen atoms in total. The zero-order valence-electron chi connectivity index (χ0n) is 9.79. The Morgan fingerprint density at radius 3 is 2.89 bits per heavy atom. The second kappa shape index (κ2) is 5.11. The lowest BCUT2D eigenvalue weighted by Gasteiger charge is -2.00. The number of H-pyrrole nitrogens is 1. The van der Waals surface area contributed by atoms with Crippen molar-refractivity contribution >= 4 is 17.6 Å². The highest BCUT2D eigenvalue weighted by Gasteiger charge is 2.12. The van der Waals surface area contributed by atoms with Crippen molar-refractivity contribution in [3.05, 3.63) is 44.3 Å². The Morgan fingerprint density at radius 2 is 2.26 bits per heavy atom. The molecule has 1 N–H and O–H groups in total. The summed E-state index contributed by atoms with van der Waals surface area (Å²) in [7, 11) is 1.25. The van der Waals surface area contributed by atoms with Crippen molar-refractivity contribution in [1.29, 1.82) is 0 Å². The van der Waals surface area contributed by atoms with Crippen molar-refractivity contribution in [1.82, 2.24) is 19.3 Å². The number of aromatic amines is 1. The number of hydrogen-bond acceptors (Lipinski definition) is 5. The van der Waals surface area contributed by atoms with Crippen LogP contribution >= 0.6 is 11.6 Å². The van der Waals surface area contributed by atoms with E-state index in [4.69, 9.17) is 11.6 Å². The molecule has 0 saturated carbocycles. The molecular weight excluding hydrogens is 276 g/mol. The first kappa shape index (κ1) is 13.1. The van der Waals surface area contributed by atoms with Crippen LogP contribution in [-0.4, -0.2) is 32.4 Å². The van der Waals surface area contributed by atoms with Crippen molar-refractivity contribution in [3.8, 4) is 5.82 Å². The fourth-order valence-electron chi connectivity index (χ4n) is 1.41. The number of rotatable bonds is 3. The van der Waals surface area contributed by atoms with Gasteiger partial charge in [-0.25, -0.2) is 4.79 Å². The molecule has 0 radical (unpaired) electrons. The third-order valence-electron chi connectivity index (χ3n) is 2.27. The van der Waals surface area contributed by atoms with E-state index in [0.29, 0.717) is 0 Å². The molecule has 2 heterocycles. The zero-order chi connectivity index (χ0) is 14.0. The molecule has 0 aliphatic heterocycles. The average Bonchev–Trinajstić information content (AvgIpc) is 2.70. The highest BCUT2D eigenvalue weighted by Crippen LogP contribution is 2.16. The molecular formula is C10H9ClN4O4. The van der Waals surface area contributed by atoms with Gasteiger partial charge in [-0.05, 0) is 0 Å². The predicted molar refractivity (Wildman–Crippen MR) is 65.5 cm³/mol. The largest absolute Gasteiger partial charge is 0.468 e. The summed E-state index contributed by atoms with van der Waals surface area (Å²) >= 11 is 5.93. The van der Waals surface area contributed by atoms with Crippen LogP contribution in [0.2, 0.25) is 5.02 Å². The summed E-state index contributed by atoms with van der Waals surface area (Å²) in [6.45, 7) is -0.131. The highest BCUT2D eigenvalue weighted by atomic mass is 35.5. The Bertz CT molecular complexity index is 730. The molecule has 9 heteroatoms. The molecule has 0 aliphatic carbocycles. The van der Waals surface area contributed by atoms with E-state index in [9.17, 15) is 14.4 Å². The van der Waals surface area contributed by atoms with Gasteiger partial charge in [0.25, 0.3) is 5.56 Å². The monoisotopic (exact) mass is 284 g/mol. The van der Waals surface area contributed by atoms with Gasteiger partial charge in [-0.3, -0.25) is 23.8 Å². The minimum atomic E-state index is -0.669. The number of carbonyl (C=O) groups is 1. The number of carbonyl (C=O) groups excluding carboxylic acids is 1. The van der Waals surface area contributed by atoms with Crippen LogP contribution in [0.4, 0.5) is 0 Å². The van der Waals surface area contributed by atoms with Crippen LogP contribution in [0.15, 0.2) is 28.0 Å². The average molecular weight is 285 g/mol. The summed E-state index contributed by atoms with van der Waals surface area (Å²) in [4.78, 5) is 35.7. The van der Waals surface area contributed by atoms with E-state index in [1.165, 1.54) is 24.2 Å². The Morgan fingerprint density at radius 1 is 1.53 bits per heavy atom. The van der Waals surface area contributed by atoms with Gasteiger partial charge in [-0.15, -0.1) is 0 Å². The number of ether oxygens (including phenoxy) is 1. The van der Waals surface area contributed by atoms with Crippen molar-refractivity contribution < 1.29 is 9.53 Å². The van der Waals surface area contributed by atoms with Gasteiger partial charge in [0.1, 0.15) is 11.6 Å². The first-order valence-electron chi connectivity index (χ1n) is 5.13. The predicted octanol–water partition coefficient (Wildman–Crippen LogP) is -0.451. The lowest BCUT2D eigenvalue weighted by Crippen LogP contribution is -2.28. The van der Waals surface area contributed by atoms with Crippen LogP contribution in [0.25, 0.3) is 5.82 Å². The summed E-state index contributed by atoms with van der Waals surface area (Å²) in [5.74, 6) is -0.383. The van der Waals surface area contributed by atoms with E-state index < -0.39 is 17.2 Å². The van der Waals surface area contributed by atoms with Gasteiger partial charge in [0.2, 0.25) is 0 Å². The van der Waals surface area contributed by atoms with Gasteiger partial charge in [0.05, 0.1) is 7.11 Å². The minimum Gasteiger partial charge on any atom is -0.468 e. The molecule has 2 rings (SSSR count). The smallest absolute Gasteiger partial charge is 0.334 e. The second-order valence-electron chi connectivity index (χ2n) is 3.55. The lowest BCUT2D eigenvalue weighted by molar-refractivity contribution is -0.141. The van der Waals surface area contributed by atoms with Crippen molar-refractivity contribution in [2.75, 3.05) is 7.11 Å². The van der Waals surface area contributed by atoms with Crippen LogP contribution in [0.3, 0.4) is 0 Å². The third-order valence-corrected chi connectivity index (χ3v) is 2.54. The highest BCUT2D eigenvalue weighted by molar-refractivity contribution is 6.32. The molecule has 0 amide bonds. The lowest BCUT2D eigenvalue weighted by atomic mass is 10.5. The molecule has 0 unspecified atom stereocenters. The Labute approximate surface area is 111 Å². The SMILES string of the molecule is COC(=O)Cn1cc(Cl)c(-n2ccc(=O)[nH]c2=O)n1. The van der Waals surface area contributed by atoms with E-state index in [1.807, 2.05) is 0 Å². The normalized spacial score (nSPS) is 10.4. The van der Waals surface area contributed by atoms with E-state index in [-0.39, 0.29) is 17.4 Å². The molecule has 0 bridgehead atoms. The molecule has 0 fully saturated rings. The Kier molecular flexibility index (Phi) is 3.52. The van der Waals surface area contributed by atoms with Gasteiger partial charge < -0.3 is 4.74 Å². The molecule has 2 aromatic heterocycles. The maximum Gasteiger partial charge on any atom is 0.334 e. The summed E-state index contributed by atoms with van der Waals surface area (Å²) < 4.78 is 6.79. The summed E-state index contributed by atoms with van der Waals surface area (Å²) in [6, 6.07) is 1.16. The fraction of sp³-hybridized carbons (Fsp3) is 0.200. The van der Waals surface area contributed by atoms with E-state index in [1.54, 1.807) is 0 Å². The standard InChI is InChI=1S/C10H9ClN4O4/c1-19-8(17)5-14-4-6(11)9(13-14)15-3-2-7(16)12-10(15)18/h2-4H,5H2,1H3,(H,12,16,18). The van der Waals surface area contributed by atoms with E-state index in [0.717, 1.165) is 10.6 Å². The number of halogens is 1. The van der Waals surface area contributed by atoms with Gasteiger partial charge >= 0.3 is 11.7 Å². The zero-order valence-corrected chi connectivity index (χ0v) is 10.5. The number of esters is 1. The maximum absolute atomic E-state index is 11.6. The third kappa shape index (κ3) is 2.74. The maximum atomic E-state index is 11.6. The molecule has 0 atom stereocenters. The van der Waals surface area contributed by atoms with Crippen LogP contribution in [0, 0.1) is 0 Å². The first-order chi connectivity index (χ1) is 9.01. The van der Waals surface area contributed by atoms with Gasteiger partial charge in [0.15, 0.2) is 5.82 Å². The molecule has 0 saturated heterocycles. The molecule has 0 aromatic carbocycles. The van der Waals surface area contributed by atoms with Gasteiger partial charge in [0, 0.05) is 18.5 Å². The topological polar surface area (TPSA) is 99.0 Å². The quantitative estimate of drug-likeness (QED) is 0.770. The van der Waals surface area contributed by atoms with Crippen LogP contribution in [0.5, 0.6) is 0 Å². The second-order valence-corrected chi connectivity index (χ2v) is 3.96. The van der Waals surface area contributed by atoms with E-state index >= 15 is 0 Å². The summed E-state index contributed by atoms with van der Waals surface area (Å²) in [5.41, 5.74) is -1.19. The molecule has 2 aromatic rings. The molecule has 19 heavy (non-hydrogen) atoms. The molecule has 0 aliphatic rings. The van der Waals surface area contributed by atoms with Crippen LogP contribution in [-0.2, 0) is 16.1 Å². The van der Waals surface area contributed by atoms with Crippen molar-refractivity contribution in [3.63, 3.8) is 0 Å². The summed E-state index contributed by atoms with van der Waals surface area (Å²) in [6.07, 6.45) is 2.63. The molecule has 0 spiro atoms. The fourth-order valence-corrected chi connectivity index (χ4v) is 1.65. The summed E-state index contributed by atoms with van der Waals surface area (Å²) in [5, 5.41) is 4.15. The van der Waals surface area contributed by atoms with Crippen LogP contribution < -0.4 is 11.2 Å². The number of methoxy groups -OCH3 is 1. The number of nitrogens with zero attached hydrogens (tertiary/aromatic N) is 3. The number of nitrogens with one attached hydrogen (secondary N) is 1. The van der Waals surface area contributed by atoms with E-state index in [2.05, 4.69) is 14.8 Å². The van der Waals surface area contributed by atoms with Crippen molar-refractivity contribution in [2.45, 2.75) is 6.54 Å². The van der Waals surface area contributed by atoms with Gasteiger partial charge in [-0.1, -0.05) is 11.6 Å². The first-order valence-corrected chi connectivity index (χ1v) is 5.51. The molecule has 100 valence electrons. The number of aromatic nitrogens is 4. The van der Waals surface area contributed by atoms with Crippen LogP contribution in [0.1, 0.15) is 0 Å². The Balaban J connectivity index is 2.43. The van der Waals surface area contributed by atoms with Crippen molar-refractivity contribution in [2.24, 2.45) is 0 Å². The number of hydrogen-bond donors (Lipinski definition) is 1. The Hall–Kier alpha value is -2.35. The van der Waals surface area contributed by atoms with Gasteiger partial charge in [-0.2, -0.15) is 5.10 Å².